The maximum absolute atomic E-state index is 5.63. The lowest BCUT2D eigenvalue weighted by Crippen LogP contribution is -2.39. The van der Waals surface area contributed by atoms with E-state index in [-0.39, 0.29) is 6.10 Å². The Hall–Kier alpha value is -1.24. The van der Waals surface area contributed by atoms with Crippen molar-refractivity contribution >= 4 is 11.3 Å². The lowest BCUT2D eigenvalue weighted by atomic mass is 10.2. The van der Waals surface area contributed by atoms with E-state index in [2.05, 4.69) is 20.5 Å². The van der Waals surface area contributed by atoms with Gasteiger partial charge in [-0.05, 0) is 11.4 Å². The van der Waals surface area contributed by atoms with Crippen LogP contribution in [0.1, 0.15) is 5.82 Å². The van der Waals surface area contributed by atoms with E-state index in [0.717, 1.165) is 42.6 Å². The predicted molar refractivity (Wildman–Crippen MR) is 66.0 cm³/mol. The Kier molecular flexibility index (Phi) is 3.17. The number of hydrogen-bond donors (Lipinski definition) is 2. The van der Waals surface area contributed by atoms with E-state index >= 15 is 0 Å². The standard InChI is InChI=1S/C11H14N4OS/c1-2-9(17-5-1)11-13-10(14-15-11)6-8-7-12-3-4-16-8/h1-2,5,8,12H,3-4,6-7H2,(H,13,14,15). The van der Waals surface area contributed by atoms with Gasteiger partial charge in [-0.1, -0.05) is 6.07 Å². The smallest absolute Gasteiger partial charge is 0.191 e. The summed E-state index contributed by atoms with van der Waals surface area (Å²) in [5, 5.41) is 12.5. The molecule has 17 heavy (non-hydrogen) atoms. The van der Waals surface area contributed by atoms with E-state index in [0.29, 0.717) is 0 Å². The topological polar surface area (TPSA) is 62.8 Å². The molecule has 0 spiro atoms. The molecule has 1 atom stereocenters. The highest BCUT2D eigenvalue weighted by atomic mass is 32.1. The Morgan fingerprint density at radius 1 is 1.53 bits per heavy atom. The fraction of sp³-hybridized carbons (Fsp3) is 0.455. The van der Waals surface area contributed by atoms with Crippen LogP contribution in [0.5, 0.6) is 0 Å². The number of thiophene rings is 1. The van der Waals surface area contributed by atoms with E-state index in [1.54, 1.807) is 11.3 Å². The van der Waals surface area contributed by atoms with Crippen LogP contribution in [0.2, 0.25) is 0 Å². The Bertz CT molecular complexity index is 462. The summed E-state index contributed by atoms with van der Waals surface area (Å²) in [7, 11) is 0. The van der Waals surface area contributed by atoms with Crippen LogP contribution in [0.3, 0.4) is 0 Å². The molecule has 0 amide bonds. The number of H-pyrrole nitrogens is 1. The molecule has 90 valence electrons. The molecule has 5 nitrogen and oxygen atoms in total. The summed E-state index contributed by atoms with van der Waals surface area (Å²) in [6, 6.07) is 4.03. The monoisotopic (exact) mass is 250 g/mol. The van der Waals surface area contributed by atoms with Gasteiger partial charge in [-0.2, -0.15) is 5.10 Å². The Labute approximate surface area is 103 Å². The number of ether oxygens (including phenoxy) is 1. The first-order valence-electron chi connectivity index (χ1n) is 5.69. The second-order valence-corrected chi connectivity index (χ2v) is 4.93. The molecule has 0 saturated carbocycles. The number of aromatic nitrogens is 3. The van der Waals surface area contributed by atoms with Gasteiger partial charge in [0.05, 0.1) is 17.6 Å². The molecule has 1 saturated heterocycles. The highest BCUT2D eigenvalue weighted by Crippen LogP contribution is 2.20. The van der Waals surface area contributed by atoms with Crippen LogP contribution < -0.4 is 5.32 Å². The first-order valence-corrected chi connectivity index (χ1v) is 6.57. The molecule has 0 bridgehead atoms. The molecule has 3 heterocycles. The first-order chi connectivity index (χ1) is 8.42. The molecule has 1 aliphatic heterocycles. The van der Waals surface area contributed by atoms with Gasteiger partial charge in [0.1, 0.15) is 5.82 Å². The number of nitrogens with zero attached hydrogens (tertiary/aromatic N) is 2. The lowest BCUT2D eigenvalue weighted by Gasteiger charge is -2.22. The van der Waals surface area contributed by atoms with Gasteiger partial charge < -0.3 is 10.1 Å². The Morgan fingerprint density at radius 2 is 2.53 bits per heavy atom. The van der Waals surface area contributed by atoms with Crippen molar-refractivity contribution < 1.29 is 4.74 Å². The van der Waals surface area contributed by atoms with Gasteiger partial charge in [0, 0.05) is 19.5 Å². The zero-order valence-corrected chi connectivity index (χ0v) is 10.2. The Morgan fingerprint density at radius 3 is 3.29 bits per heavy atom. The second-order valence-electron chi connectivity index (χ2n) is 3.98. The molecule has 2 aromatic rings. The maximum Gasteiger partial charge on any atom is 0.191 e. The number of hydrogen-bond acceptors (Lipinski definition) is 5. The van der Waals surface area contributed by atoms with Crippen LogP contribution in [0.15, 0.2) is 17.5 Å². The average molecular weight is 250 g/mol. The van der Waals surface area contributed by atoms with Crippen molar-refractivity contribution in [1.82, 2.24) is 20.5 Å². The van der Waals surface area contributed by atoms with Gasteiger partial charge in [-0.15, -0.1) is 11.3 Å². The van der Waals surface area contributed by atoms with Crippen molar-refractivity contribution in [3.05, 3.63) is 23.3 Å². The number of nitrogens with one attached hydrogen (secondary N) is 2. The van der Waals surface area contributed by atoms with Gasteiger partial charge in [0.2, 0.25) is 0 Å². The van der Waals surface area contributed by atoms with Crippen molar-refractivity contribution in [2.75, 3.05) is 19.7 Å². The fourth-order valence-corrected chi connectivity index (χ4v) is 2.53. The number of rotatable bonds is 3. The molecule has 0 aliphatic carbocycles. The molecule has 2 aromatic heterocycles. The molecule has 0 radical (unpaired) electrons. The quantitative estimate of drug-likeness (QED) is 0.855. The van der Waals surface area contributed by atoms with Gasteiger partial charge >= 0.3 is 0 Å². The molecule has 6 heteroatoms. The molecule has 3 rings (SSSR count). The number of morpholine rings is 1. The Balaban J connectivity index is 1.68. The minimum Gasteiger partial charge on any atom is -0.375 e. The third-order valence-corrected chi connectivity index (χ3v) is 3.56. The van der Waals surface area contributed by atoms with Crippen LogP contribution in [-0.2, 0) is 11.2 Å². The fourth-order valence-electron chi connectivity index (χ4n) is 1.87. The SMILES string of the molecule is c1csc(-c2n[nH]c(CC3CNCCO3)n2)c1. The zero-order chi connectivity index (χ0) is 11.5. The van der Waals surface area contributed by atoms with Crippen LogP contribution >= 0.6 is 11.3 Å². The predicted octanol–water partition coefficient (Wildman–Crippen LogP) is 1.06. The van der Waals surface area contributed by atoms with Crippen LogP contribution in [0, 0.1) is 0 Å². The minimum absolute atomic E-state index is 0.202. The van der Waals surface area contributed by atoms with Crippen molar-refractivity contribution in [3.8, 4) is 10.7 Å². The van der Waals surface area contributed by atoms with Crippen molar-refractivity contribution in [2.45, 2.75) is 12.5 Å². The largest absolute Gasteiger partial charge is 0.375 e. The molecule has 0 aromatic carbocycles. The average Bonchev–Trinajstić information content (AvgIpc) is 3.00. The van der Waals surface area contributed by atoms with Crippen LogP contribution in [0.25, 0.3) is 10.7 Å². The summed E-state index contributed by atoms with van der Waals surface area (Å²) in [4.78, 5) is 5.58. The third-order valence-electron chi connectivity index (χ3n) is 2.70. The summed E-state index contributed by atoms with van der Waals surface area (Å²) in [6.07, 6.45) is 0.985. The van der Waals surface area contributed by atoms with Crippen LogP contribution in [-0.4, -0.2) is 41.0 Å². The maximum atomic E-state index is 5.63. The molecular formula is C11H14N4OS. The lowest BCUT2D eigenvalue weighted by molar-refractivity contribution is 0.0281. The summed E-state index contributed by atoms with van der Waals surface area (Å²) < 4.78 is 5.63. The minimum atomic E-state index is 0.202. The summed E-state index contributed by atoms with van der Waals surface area (Å²) in [5.74, 6) is 1.67. The second kappa shape index (κ2) is 4.95. The summed E-state index contributed by atoms with van der Waals surface area (Å²) in [6.45, 7) is 2.60. The number of aromatic amines is 1. The molecule has 2 N–H and O–H groups in total. The highest BCUT2D eigenvalue weighted by Gasteiger charge is 2.16. The van der Waals surface area contributed by atoms with Gasteiger partial charge in [-0.3, -0.25) is 5.10 Å². The summed E-state index contributed by atoms with van der Waals surface area (Å²) in [5.41, 5.74) is 0. The van der Waals surface area contributed by atoms with Crippen molar-refractivity contribution in [1.29, 1.82) is 0 Å². The normalized spacial score (nSPS) is 20.6. The van der Waals surface area contributed by atoms with Gasteiger partial charge in [-0.25, -0.2) is 4.98 Å². The van der Waals surface area contributed by atoms with Crippen molar-refractivity contribution in [2.24, 2.45) is 0 Å². The molecule has 1 aliphatic rings. The first kappa shape index (κ1) is 10.9. The zero-order valence-electron chi connectivity index (χ0n) is 9.35. The van der Waals surface area contributed by atoms with E-state index < -0.39 is 0 Å². The third kappa shape index (κ3) is 2.54. The molecule has 1 unspecified atom stereocenters. The molecule has 1 fully saturated rings. The van der Waals surface area contributed by atoms with E-state index in [1.807, 2.05) is 17.5 Å². The van der Waals surface area contributed by atoms with Gasteiger partial charge in [0.15, 0.2) is 5.82 Å². The van der Waals surface area contributed by atoms with Crippen LogP contribution in [0.4, 0.5) is 0 Å². The van der Waals surface area contributed by atoms with Crippen molar-refractivity contribution in [3.63, 3.8) is 0 Å². The molecular weight excluding hydrogens is 236 g/mol. The van der Waals surface area contributed by atoms with E-state index in [9.17, 15) is 0 Å². The van der Waals surface area contributed by atoms with Gasteiger partial charge in [0.25, 0.3) is 0 Å². The van der Waals surface area contributed by atoms with E-state index in [1.165, 1.54) is 0 Å². The summed E-state index contributed by atoms with van der Waals surface area (Å²) >= 11 is 1.65. The van der Waals surface area contributed by atoms with E-state index in [4.69, 9.17) is 4.74 Å². The highest BCUT2D eigenvalue weighted by molar-refractivity contribution is 7.13.